The number of para-hydroxylation sites is 1. The zero-order valence-corrected chi connectivity index (χ0v) is 33.3. The van der Waals surface area contributed by atoms with Crippen LogP contribution in [0, 0.1) is 0 Å². The highest BCUT2D eigenvalue weighted by Gasteiger charge is 2.39. The molecule has 5 atom stereocenters. The van der Waals surface area contributed by atoms with Crippen molar-refractivity contribution in [3.05, 3.63) is 114 Å². The first-order valence-electron chi connectivity index (χ1n) is 19.9. The summed E-state index contributed by atoms with van der Waals surface area (Å²) in [6.45, 7) is 1.32. The molecule has 1 aliphatic rings. The molecule has 0 bridgehead atoms. The van der Waals surface area contributed by atoms with E-state index in [0.29, 0.717) is 24.1 Å². The topological polar surface area (TPSA) is 227 Å². The number of hydrogen-bond acceptors (Lipinski definition) is 9. The van der Waals surface area contributed by atoms with Gasteiger partial charge in [0.1, 0.15) is 42.3 Å². The maximum absolute atomic E-state index is 14.4. The molecule has 5 amide bonds. The summed E-state index contributed by atoms with van der Waals surface area (Å²) < 4.78 is 20.0. The zero-order valence-electron chi connectivity index (χ0n) is 33.3. The minimum atomic E-state index is -1.16. The number of nitrogens with one attached hydrogen (secondary N) is 4. The van der Waals surface area contributed by atoms with E-state index in [2.05, 4.69) is 31.2 Å². The SMILES string of the molecule is CC(C[18F])n1cc(COCCC(=O)N[C@@H](Cc2ccc(O)cc2)C(=O)N2CCC[C@H]2C(=O)N[C@@H](Cc2c[nH]c3ccccc23)C(=O)N[C@@H](Cc2ccccc2)C(N)=O)nn1. The van der Waals surface area contributed by atoms with Crippen LogP contribution in [0.2, 0.25) is 0 Å². The highest BCUT2D eigenvalue weighted by atomic mass is 18.2. The van der Waals surface area contributed by atoms with Crippen LogP contribution < -0.4 is 21.7 Å². The van der Waals surface area contributed by atoms with E-state index < -0.39 is 66.4 Å². The molecule has 1 fully saturated rings. The third-order valence-electron chi connectivity index (χ3n) is 10.5. The number of amides is 5. The van der Waals surface area contributed by atoms with Gasteiger partial charge in [0.15, 0.2) is 0 Å². The van der Waals surface area contributed by atoms with Gasteiger partial charge < -0.3 is 41.4 Å². The Morgan fingerprint density at radius 2 is 1.63 bits per heavy atom. The number of phenolic OH excluding ortho intramolecular Hbond substituents is 1. The van der Waals surface area contributed by atoms with E-state index in [9.17, 15) is 33.5 Å². The molecule has 0 radical (unpaired) electrons. The van der Waals surface area contributed by atoms with Gasteiger partial charge in [-0.05, 0) is 54.7 Å². The number of nitrogens with zero attached hydrogens (tertiary/aromatic N) is 4. The Bertz CT molecular complexity index is 2250. The molecular weight excluding hydrogens is 773 g/mol. The maximum atomic E-state index is 14.4. The summed E-state index contributed by atoms with van der Waals surface area (Å²) in [5, 5.41) is 27.0. The summed E-state index contributed by atoms with van der Waals surface area (Å²) in [6.07, 6.45) is 4.30. The van der Waals surface area contributed by atoms with Crippen LogP contribution in [-0.2, 0) is 54.6 Å². The lowest BCUT2D eigenvalue weighted by Gasteiger charge is -2.30. The Morgan fingerprint density at radius 1 is 0.917 bits per heavy atom. The molecule has 0 saturated carbocycles. The van der Waals surface area contributed by atoms with E-state index in [1.807, 2.05) is 54.6 Å². The number of rotatable bonds is 20. The van der Waals surface area contributed by atoms with Crippen molar-refractivity contribution in [2.24, 2.45) is 5.73 Å². The zero-order chi connectivity index (χ0) is 42.6. The quantitative estimate of drug-likeness (QED) is 0.0634. The van der Waals surface area contributed by atoms with Crippen molar-refractivity contribution in [3.63, 3.8) is 0 Å². The molecule has 5 aromatic rings. The van der Waals surface area contributed by atoms with Crippen LogP contribution in [0.5, 0.6) is 5.75 Å². The number of halogens is 1. The van der Waals surface area contributed by atoms with E-state index in [0.717, 1.165) is 22.0 Å². The first-order chi connectivity index (χ1) is 29.0. The van der Waals surface area contributed by atoms with Crippen molar-refractivity contribution in [1.82, 2.24) is 40.8 Å². The van der Waals surface area contributed by atoms with Gasteiger partial charge >= 0.3 is 0 Å². The average molecular weight is 823 g/mol. The summed E-state index contributed by atoms with van der Waals surface area (Å²) in [5.74, 6) is -2.87. The van der Waals surface area contributed by atoms with Crippen LogP contribution in [0.15, 0.2) is 91.3 Å². The number of benzene rings is 3. The highest BCUT2D eigenvalue weighted by Crippen LogP contribution is 2.23. The number of H-pyrrole nitrogens is 1. The standard InChI is InChI=1S/C43H50FN9O7/c1-27(23-44)53-25-31(50-51-53)26-60-19-17-39(55)47-37(21-29-13-15-32(54)16-14-29)43(59)52-18-7-12-38(52)42(58)49-36(22-30-24-46-34-11-6-5-10-33(30)34)41(57)48-35(40(45)56)20-28-8-3-2-4-9-28/h2-6,8-11,13-16,24-25,27,35-38,46,54H,7,12,17-23,26H2,1H3,(H2,45,56)(H,47,55)(H,48,57)(H,49,58)/t27?,35-,36-,37-,38-/m0/s1/i44-1. The molecule has 1 aliphatic heterocycles. The maximum Gasteiger partial charge on any atom is 0.246 e. The number of aromatic amines is 1. The summed E-state index contributed by atoms with van der Waals surface area (Å²) in [4.78, 5) is 73.0. The fourth-order valence-corrected chi connectivity index (χ4v) is 7.19. The summed E-state index contributed by atoms with van der Waals surface area (Å²) in [6, 6.07) is 18.1. The lowest BCUT2D eigenvalue weighted by Crippen LogP contribution is -2.58. The van der Waals surface area contributed by atoms with Gasteiger partial charge in [0.25, 0.3) is 0 Å². The van der Waals surface area contributed by atoms with E-state index in [4.69, 9.17) is 10.5 Å². The molecule has 1 unspecified atom stereocenters. The first-order valence-corrected chi connectivity index (χ1v) is 19.9. The predicted octanol–water partition coefficient (Wildman–Crippen LogP) is 2.56. The Balaban J connectivity index is 1.15. The summed E-state index contributed by atoms with van der Waals surface area (Å²) in [7, 11) is 0. The third kappa shape index (κ3) is 11.3. The number of carbonyl (C=O) groups is 5. The highest BCUT2D eigenvalue weighted by molar-refractivity contribution is 5.96. The van der Waals surface area contributed by atoms with Gasteiger partial charge in [0, 0.05) is 49.3 Å². The Hall–Kier alpha value is -6.62. The second kappa shape index (κ2) is 20.4. The van der Waals surface area contributed by atoms with Crippen molar-refractivity contribution in [1.29, 1.82) is 0 Å². The van der Waals surface area contributed by atoms with Crippen LogP contribution in [0.4, 0.5) is 4.39 Å². The Morgan fingerprint density at radius 3 is 2.38 bits per heavy atom. The van der Waals surface area contributed by atoms with Crippen LogP contribution in [0.1, 0.15) is 54.6 Å². The average Bonchev–Trinajstić information content (AvgIpc) is 4.03. The third-order valence-corrected chi connectivity index (χ3v) is 10.5. The molecular formula is C43H50FN9O7. The van der Waals surface area contributed by atoms with Crippen molar-refractivity contribution >= 4 is 40.4 Å². The molecule has 6 rings (SSSR count). The van der Waals surface area contributed by atoms with Crippen molar-refractivity contribution < 1.29 is 38.2 Å². The molecule has 3 aromatic carbocycles. The van der Waals surface area contributed by atoms with Gasteiger partial charge in [-0.15, -0.1) is 5.10 Å². The van der Waals surface area contributed by atoms with Crippen molar-refractivity contribution in [2.45, 2.75) is 82.3 Å². The number of hydrogen-bond donors (Lipinski definition) is 6. The fraction of sp³-hybridized carbons (Fsp3) is 0.372. The normalized spacial score (nSPS) is 15.8. The fourth-order valence-electron chi connectivity index (χ4n) is 7.19. The molecule has 1 saturated heterocycles. The molecule has 316 valence electrons. The minimum absolute atomic E-state index is 0.00589. The number of phenols is 1. The van der Waals surface area contributed by atoms with Gasteiger partial charge in [-0.25, -0.2) is 9.07 Å². The molecule has 17 heteroatoms. The van der Waals surface area contributed by atoms with E-state index >= 15 is 0 Å². The molecule has 60 heavy (non-hydrogen) atoms. The number of likely N-dealkylation sites (tertiary alicyclic amines) is 1. The minimum Gasteiger partial charge on any atom is -0.508 e. The van der Waals surface area contributed by atoms with Gasteiger partial charge in [-0.2, -0.15) is 0 Å². The first kappa shape index (κ1) is 43.0. The number of aromatic hydroxyl groups is 1. The summed E-state index contributed by atoms with van der Waals surface area (Å²) in [5.41, 5.74) is 9.24. The number of carbonyl (C=O) groups excluding carboxylic acids is 5. The van der Waals surface area contributed by atoms with E-state index in [-0.39, 0.29) is 51.2 Å². The van der Waals surface area contributed by atoms with Crippen LogP contribution in [0.3, 0.4) is 0 Å². The largest absolute Gasteiger partial charge is 0.508 e. The van der Waals surface area contributed by atoms with Gasteiger partial charge in [0.05, 0.1) is 25.5 Å². The number of primary amides is 1. The van der Waals surface area contributed by atoms with Crippen molar-refractivity contribution in [2.75, 3.05) is 19.8 Å². The Labute approximate surface area is 346 Å². The smallest absolute Gasteiger partial charge is 0.246 e. The number of fused-ring (bicyclic) bond motifs is 1. The van der Waals surface area contributed by atoms with Gasteiger partial charge in [-0.3, -0.25) is 24.0 Å². The van der Waals surface area contributed by atoms with Crippen LogP contribution in [0.25, 0.3) is 10.9 Å². The molecule has 0 spiro atoms. The van der Waals surface area contributed by atoms with E-state index in [1.165, 1.54) is 21.7 Å². The van der Waals surface area contributed by atoms with Crippen LogP contribution >= 0.6 is 0 Å². The summed E-state index contributed by atoms with van der Waals surface area (Å²) >= 11 is 0. The number of ether oxygens (including phenoxy) is 1. The van der Waals surface area contributed by atoms with Gasteiger partial charge in [0.2, 0.25) is 29.5 Å². The molecule has 2 aromatic heterocycles. The van der Waals surface area contributed by atoms with Gasteiger partial charge in [-0.1, -0.05) is 65.9 Å². The number of nitrogens with two attached hydrogens (primary N) is 1. The second-order valence-electron chi connectivity index (χ2n) is 15.0. The Kier molecular flexibility index (Phi) is 14.6. The molecule has 7 N–H and O–H groups in total. The lowest BCUT2D eigenvalue weighted by atomic mass is 10.0. The molecule has 0 aliphatic carbocycles. The monoisotopic (exact) mass is 822 g/mol. The van der Waals surface area contributed by atoms with Crippen LogP contribution in [-0.4, -0.2) is 104 Å². The molecule has 16 nitrogen and oxygen atoms in total. The number of alkyl halides is 1. The lowest BCUT2D eigenvalue weighted by molar-refractivity contribution is -0.142. The number of aromatic nitrogens is 4. The van der Waals surface area contributed by atoms with Crippen molar-refractivity contribution in [3.8, 4) is 5.75 Å². The predicted molar refractivity (Wildman–Crippen MR) is 219 cm³/mol. The molecule has 3 heterocycles. The second-order valence-corrected chi connectivity index (χ2v) is 15.0. The van der Waals surface area contributed by atoms with E-state index in [1.54, 1.807) is 31.5 Å².